The lowest BCUT2D eigenvalue weighted by Crippen LogP contribution is -2.50. The standard InChI is InChI=1S/C16H22N2O5/c1-9-6-7-12(19)11(8-9)14(21)23-10(2)13(20)17-15(22)18-16(3,4)5/h6-8,10,19H,1-5H3,(H2,17,18,20,22)/t10-/m0/s1. The van der Waals surface area contributed by atoms with Gasteiger partial charge in [-0.1, -0.05) is 11.6 Å². The molecule has 0 aliphatic carbocycles. The van der Waals surface area contributed by atoms with E-state index < -0.39 is 29.6 Å². The topological polar surface area (TPSA) is 105 Å². The molecule has 0 bridgehead atoms. The van der Waals surface area contributed by atoms with Crippen LogP contribution in [0.25, 0.3) is 0 Å². The maximum absolute atomic E-state index is 12.0. The number of aryl methyl sites for hydroxylation is 1. The van der Waals surface area contributed by atoms with Gasteiger partial charge in [-0.05, 0) is 46.8 Å². The number of benzene rings is 1. The summed E-state index contributed by atoms with van der Waals surface area (Å²) in [6.07, 6.45) is -1.19. The molecule has 1 atom stereocenters. The van der Waals surface area contributed by atoms with Crippen LogP contribution >= 0.6 is 0 Å². The maximum Gasteiger partial charge on any atom is 0.342 e. The minimum atomic E-state index is -1.19. The van der Waals surface area contributed by atoms with Crippen LogP contribution in [-0.2, 0) is 9.53 Å². The monoisotopic (exact) mass is 322 g/mol. The molecular weight excluding hydrogens is 300 g/mol. The smallest absolute Gasteiger partial charge is 0.342 e. The number of hydrogen-bond acceptors (Lipinski definition) is 5. The van der Waals surface area contributed by atoms with Crippen LogP contribution in [0.2, 0.25) is 0 Å². The van der Waals surface area contributed by atoms with Crippen LogP contribution in [0, 0.1) is 6.92 Å². The Morgan fingerprint density at radius 1 is 1.22 bits per heavy atom. The van der Waals surface area contributed by atoms with Gasteiger partial charge in [0.25, 0.3) is 5.91 Å². The van der Waals surface area contributed by atoms with Crippen molar-refractivity contribution in [1.29, 1.82) is 0 Å². The van der Waals surface area contributed by atoms with Crippen LogP contribution < -0.4 is 10.6 Å². The lowest BCUT2D eigenvalue weighted by atomic mass is 10.1. The summed E-state index contributed by atoms with van der Waals surface area (Å²) >= 11 is 0. The van der Waals surface area contributed by atoms with Crippen molar-refractivity contribution in [3.63, 3.8) is 0 Å². The van der Waals surface area contributed by atoms with Gasteiger partial charge in [0.2, 0.25) is 0 Å². The zero-order valence-corrected chi connectivity index (χ0v) is 13.9. The number of hydrogen-bond donors (Lipinski definition) is 3. The summed E-state index contributed by atoms with van der Waals surface area (Å²) in [7, 11) is 0. The molecule has 0 aliphatic rings. The number of aromatic hydroxyl groups is 1. The molecule has 0 aliphatic heterocycles. The van der Waals surface area contributed by atoms with Gasteiger partial charge in [-0.2, -0.15) is 0 Å². The Morgan fingerprint density at radius 3 is 2.39 bits per heavy atom. The molecule has 1 aromatic carbocycles. The SMILES string of the molecule is Cc1ccc(O)c(C(=O)O[C@@H](C)C(=O)NC(=O)NC(C)(C)C)c1. The first-order chi connectivity index (χ1) is 10.5. The van der Waals surface area contributed by atoms with Gasteiger partial charge in [0.05, 0.1) is 0 Å². The first-order valence-corrected chi connectivity index (χ1v) is 7.13. The maximum atomic E-state index is 12.0. The highest BCUT2D eigenvalue weighted by Crippen LogP contribution is 2.19. The Balaban J connectivity index is 2.66. The Labute approximate surface area is 135 Å². The molecule has 7 nitrogen and oxygen atoms in total. The van der Waals surface area contributed by atoms with Crippen molar-refractivity contribution in [2.45, 2.75) is 46.3 Å². The molecule has 0 saturated heterocycles. The fourth-order valence-electron chi connectivity index (χ4n) is 1.68. The van der Waals surface area contributed by atoms with Gasteiger partial charge in [0, 0.05) is 5.54 Å². The van der Waals surface area contributed by atoms with Crippen LogP contribution in [0.3, 0.4) is 0 Å². The van der Waals surface area contributed by atoms with Gasteiger partial charge >= 0.3 is 12.0 Å². The van der Waals surface area contributed by atoms with Crippen molar-refractivity contribution in [3.05, 3.63) is 29.3 Å². The number of ether oxygens (including phenoxy) is 1. The highest BCUT2D eigenvalue weighted by molar-refractivity contribution is 5.99. The summed E-state index contributed by atoms with van der Waals surface area (Å²) in [5.74, 6) is -1.84. The van der Waals surface area contributed by atoms with E-state index in [0.29, 0.717) is 0 Å². The quantitative estimate of drug-likeness (QED) is 0.737. The minimum Gasteiger partial charge on any atom is -0.507 e. The molecule has 1 rings (SSSR count). The molecular formula is C16H22N2O5. The minimum absolute atomic E-state index is 0.0382. The second-order valence-electron chi connectivity index (χ2n) is 6.26. The van der Waals surface area contributed by atoms with E-state index in [1.54, 1.807) is 33.8 Å². The van der Waals surface area contributed by atoms with Crippen molar-refractivity contribution in [2.24, 2.45) is 0 Å². The van der Waals surface area contributed by atoms with Gasteiger partial charge < -0.3 is 15.2 Å². The third-order valence-corrected chi connectivity index (χ3v) is 2.75. The molecule has 0 fully saturated rings. The fraction of sp³-hybridized carbons (Fsp3) is 0.438. The van der Waals surface area contributed by atoms with E-state index in [1.807, 2.05) is 0 Å². The second kappa shape index (κ2) is 7.13. The molecule has 3 N–H and O–H groups in total. The normalized spacial score (nSPS) is 12.2. The number of rotatable bonds is 3. The summed E-state index contributed by atoms with van der Waals surface area (Å²) in [6.45, 7) is 8.39. The Morgan fingerprint density at radius 2 is 1.83 bits per heavy atom. The number of urea groups is 1. The zero-order valence-electron chi connectivity index (χ0n) is 13.9. The molecule has 23 heavy (non-hydrogen) atoms. The van der Waals surface area contributed by atoms with Crippen molar-refractivity contribution in [2.75, 3.05) is 0 Å². The number of esters is 1. The Bertz CT molecular complexity index is 619. The molecule has 0 aromatic heterocycles. The summed E-state index contributed by atoms with van der Waals surface area (Å²) < 4.78 is 4.97. The number of amides is 3. The van der Waals surface area contributed by atoms with E-state index in [4.69, 9.17) is 4.74 Å². The second-order valence-corrected chi connectivity index (χ2v) is 6.26. The summed E-state index contributed by atoms with van der Waals surface area (Å²) in [6, 6.07) is 3.78. The van der Waals surface area contributed by atoms with Crippen molar-refractivity contribution >= 4 is 17.9 Å². The predicted octanol–water partition coefficient (Wildman–Crippen LogP) is 1.87. The first kappa shape index (κ1) is 18.5. The highest BCUT2D eigenvalue weighted by Gasteiger charge is 2.23. The number of phenolic OH excluding ortho intramolecular Hbond substituents is 1. The van der Waals surface area contributed by atoms with Crippen molar-refractivity contribution in [1.82, 2.24) is 10.6 Å². The van der Waals surface area contributed by atoms with Crippen LogP contribution in [0.1, 0.15) is 43.6 Å². The zero-order chi connectivity index (χ0) is 17.8. The number of carbonyl (C=O) groups excluding carboxylic acids is 3. The first-order valence-electron chi connectivity index (χ1n) is 7.13. The van der Waals surface area contributed by atoms with Crippen LogP contribution in [0.15, 0.2) is 18.2 Å². The average molecular weight is 322 g/mol. The van der Waals surface area contributed by atoms with Crippen LogP contribution in [0.5, 0.6) is 5.75 Å². The summed E-state index contributed by atoms with van der Waals surface area (Å²) in [4.78, 5) is 35.4. The third kappa shape index (κ3) is 5.98. The van der Waals surface area contributed by atoms with E-state index in [2.05, 4.69) is 10.6 Å². The van der Waals surface area contributed by atoms with Crippen LogP contribution in [0.4, 0.5) is 4.79 Å². The Hall–Kier alpha value is -2.57. The summed E-state index contributed by atoms with van der Waals surface area (Å²) in [5.41, 5.74) is 0.220. The highest BCUT2D eigenvalue weighted by atomic mass is 16.5. The third-order valence-electron chi connectivity index (χ3n) is 2.75. The van der Waals surface area contributed by atoms with Gasteiger partial charge in [-0.3, -0.25) is 10.1 Å². The predicted molar refractivity (Wildman–Crippen MR) is 84.1 cm³/mol. The molecule has 1 aromatic rings. The van der Waals surface area contributed by atoms with Gasteiger partial charge in [-0.25, -0.2) is 9.59 Å². The largest absolute Gasteiger partial charge is 0.507 e. The molecule has 0 heterocycles. The number of imide groups is 1. The molecule has 7 heteroatoms. The van der Waals surface area contributed by atoms with E-state index in [9.17, 15) is 19.5 Å². The van der Waals surface area contributed by atoms with E-state index in [0.717, 1.165) is 5.56 Å². The lowest BCUT2D eigenvalue weighted by molar-refractivity contribution is -0.127. The molecule has 0 saturated carbocycles. The molecule has 0 spiro atoms. The van der Waals surface area contributed by atoms with Crippen LogP contribution in [-0.4, -0.2) is 34.7 Å². The van der Waals surface area contributed by atoms with Gasteiger partial charge in [0.15, 0.2) is 6.10 Å². The van der Waals surface area contributed by atoms with Crippen molar-refractivity contribution in [3.8, 4) is 5.75 Å². The fourth-order valence-corrected chi connectivity index (χ4v) is 1.68. The van der Waals surface area contributed by atoms with Gasteiger partial charge in [-0.15, -0.1) is 0 Å². The van der Waals surface area contributed by atoms with Crippen molar-refractivity contribution < 1.29 is 24.2 Å². The van der Waals surface area contributed by atoms with E-state index in [1.165, 1.54) is 19.1 Å². The molecule has 3 amide bonds. The molecule has 0 radical (unpaired) electrons. The number of carbonyl (C=O) groups is 3. The van der Waals surface area contributed by atoms with Gasteiger partial charge in [0.1, 0.15) is 11.3 Å². The van der Waals surface area contributed by atoms with E-state index >= 15 is 0 Å². The average Bonchev–Trinajstić information content (AvgIpc) is 2.38. The lowest BCUT2D eigenvalue weighted by Gasteiger charge is -2.21. The number of nitrogens with one attached hydrogen (secondary N) is 2. The molecule has 126 valence electrons. The summed E-state index contributed by atoms with van der Waals surface area (Å²) in [5, 5.41) is 14.3. The number of phenols is 1. The van der Waals surface area contributed by atoms with E-state index in [-0.39, 0.29) is 11.3 Å². The Kier molecular flexibility index (Phi) is 5.73. The molecule has 0 unspecified atom stereocenters.